The molecule has 0 saturated heterocycles. The molecule has 0 aliphatic heterocycles. The number of carbonyl (C=O) groups excluding carboxylic acids is 1. The number of nitrogens with two attached hydrogens (primary N) is 1. The lowest BCUT2D eigenvalue weighted by atomic mass is 10.2. The van der Waals surface area contributed by atoms with Crippen LogP contribution in [0.3, 0.4) is 0 Å². The van der Waals surface area contributed by atoms with Crippen molar-refractivity contribution in [1.29, 1.82) is 0 Å². The van der Waals surface area contributed by atoms with Gasteiger partial charge in [-0.1, -0.05) is 22.0 Å². The van der Waals surface area contributed by atoms with Crippen molar-refractivity contribution in [2.24, 2.45) is 5.73 Å². The molecule has 2 rings (SSSR count). The van der Waals surface area contributed by atoms with Crippen LogP contribution in [-0.4, -0.2) is 21.4 Å². The number of sulfonamides is 1. The molecule has 2 aromatic carbocycles. The highest BCUT2D eigenvalue weighted by atomic mass is 79.9. The van der Waals surface area contributed by atoms with Gasteiger partial charge in [0.05, 0.1) is 7.11 Å². The van der Waals surface area contributed by atoms with Crippen LogP contribution < -0.4 is 15.2 Å². The molecule has 0 fully saturated rings. The molecule has 0 radical (unpaired) electrons. The van der Waals surface area contributed by atoms with Gasteiger partial charge in [-0.25, -0.2) is 8.42 Å². The number of halogens is 1. The number of amides is 1. The maximum Gasteiger partial charge on any atom is 0.265 e. The highest BCUT2D eigenvalue weighted by Crippen LogP contribution is 2.29. The fourth-order valence-electron chi connectivity index (χ4n) is 1.81. The van der Waals surface area contributed by atoms with E-state index in [2.05, 4.69) is 20.7 Å². The monoisotopic (exact) mass is 384 g/mol. The van der Waals surface area contributed by atoms with Crippen LogP contribution in [-0.2, 0) is 10.0 Å². The normalized spacial score (nSPS) is 11.0. The number of anilines is 1. The van der Waals surface area contributed by atoms with E-state index >= 15 is 0 Å². The lowest BCUT2D eigenvalue weighted by molar-refractivity contribution is 0.100. The standard InChI is InChI=1S/C14H13BrN2O4S/c1-21-12-6-5-10(15)8-13(12)22(19,20)17-11-4-2-3-9(7-11)14(16)18/h2-8,17H,1H3,(H2,16,18). The van der Waals surface area contributed by atoms with Gasteiger partial charge in [0.15, 0.2) is 0 Å². The Kier molecular flexibility index (Phi) is 4.72. The second-order valence-electron chi connectivity index (χ2n) is 4.35. The van der Waals surface area contributed by atoms with E-state index in [-0.39, 0.29) is 21.9 Å². The van der Waals surface area contributed by atoms with Crippen LogP contribution in [0.1, 0.15) is 10.4 Å². The first-order valence-electron chi connectivity index (χ1n) is 6.10. The van der Waals surface area contributed by atoms with Crippen molar-refractivity contribution in [1.82, 2.24) is 0 Å². The Hall–Kier alpha value is -2.06. The fraction of sp³-hybridized carbons (Fsp3) is 0.0714. The second-order valence-corrected chi connectivity index (χ2v) is 6.91. The lowest BCUT2D eigenvalue weighted by Gasteiger charge is -2.12. The summed E-state index contributed by atoms with van der Waals surface area (Å²) in [7, 11) is -2.49. The Morgan fingerprint density at radius 2 is 1.95 bits per heavy atom. The predicted octanol–water partition coefficient (Wildman–Crippen LogP) is 2.36. The maximum atomic E-state index is 12.5. The van der Waals surface area contributed by atoms with Crippen molar-refractivity contribution < 1.29 is 17.9 Å². The average molecular weight is 385 g/mol. The van der Waals surface area contributed by atoms with Gasteiger partial charge in [-0.15, -0.1) is 0 Å². The molecule has 0 bridgehead atoms. The summed E-state index contributed by atoms with van der Waals surface area (Å²) in [4.78, 5) is 11.1. The highest BCUT2D eigenvalue weighted by Gasteiger charge is 2.20. The predicted molar refractivity (Wildman–Crippen MR) is 86.5 cm³/mol. The molecule has 0 saturated carbocycles. The number of ether oxygens (including phenoxy) is 1. The largest absolute Gasteiger partial charge is 0.495 e. The van der Waals surface area contributed by atoms with Crippen molar-refractivity contribution in [3.05, 3.63) is 52.5 Å². The SMILES string of the molecule is COc1ccc(Br)cc1S(=O)(=O)Nc1cccc(C(N)=O)c1. The first-order valence-corrected chi connectivity index (χ1v) is 8.37. The molecule has 0 unspecified atom stereocenters. The summed E-state index contributed by atoms with van der Waals surface area (Å²) >= 11 is 3.23. The Balaban J connectivity index is 2.42. The van der Waals surface area contributed by atoms with E-state index in [1.165, 1.54) is 37.4 Å². The molecule has 0 aliphatic rings. The number of benzene rings is 2. The topological polar surface area (TPSA) is 98.5 Å². The Labute approximate surface area is 136 Å². The van der Waals surface area contributed by atoms with Crippen molar-refractivity contribution in [2.45, 2.75) is 4.90 Å². The van der Waals surface area contributed by atoms with Crippen LogP contribution in [0, 0.1) is 0 Å². The van der Waals surface area contributed by atoms with Gasteiger partial charge >= 0.3 is 0 Å². The van der Waals surface area contributed by atoms with Gasteiger partial charge < -0.3 is 10.5 Å². The average Bonchev–Trinajstić information content (AvgIpc) is 2.47. The second kappa shape index (κ2) is 6.37. The summed E-state index contributed by atoms with van der Waals surface area (Å²) in [5.74, 6) is -0.428. The third kappa shape index (κ3) is 3.58. The molecule has 22 heavy (non-hydrogen) atoms. The van der Waals surface area contributed by atoms with Gasteiger partial charge in [0.1, 0.15) is 10.6 Å². The molecule has 0 spiro atoms. The summed E-state index contributed by atoms with van der Waals surface area (Å²) in [6.07, 6.45) is 0. The van der Waals surface area contributed by atoms with Crippen LogP contribution in [0.4, 0.5) is 5.69 Å². The number of carbonyl (C=O) groups is 1. The minimum absolute atomic E-state index is 0.0196. The first-order chi connectivity index (χ1) is 10.3. The molecule has 2 aromatic rings. The van der Waals surface area contributed by atoms with Crippen LogP contribution >= 0.6 is 15.9 Å². The van der Waals surface area contributed by atoms with E-state index in [4.69, 9.17) is 10.5 Å². The number of hydrogen-bond donors (Lipinski definition) is 2. The zero-order chi connectivity index (χ0) is 16.3. The number of methoxy groups -OCH3 is 1. The molecule has 3 N–H and O–H groups in total. The number of primary amides is 1. The van der Waals surface area contributed by atoms with Crippen molar-refractivity contribution >= 4 is 37.5 Å². The van der Waals surface area contributed by atoms with Crippen molar-refractivity contribution in [2.75, 3.05) is 11.8 Å². The number of rotatable bonds is 5. The van der Waals surface area contributed by atoms with E-state index in [0.29, 0.717) is 4.47 Å². The first kappa shape index (κ1) is 16.3. The zero-order valence-electron chi connectivity index (χ0n) is 11.5. The van der Waals surface area contributed by atoms with Crippen molar-refractivity contribution in [3.63, 3.8) is 0 Å². The van der Waals surface area contributed by atoms with Crippen LogP contribution in [0.15, 0.2) is 51.8 Å². The molecule has 0 atom stereocenters. The highest BCUT2D eigenvalue weighted by molar-refractivity contribution is 9.10. The van der Waals surface area contributed by atoms with Gasteiger partial charge in [-0.3, -0.25) is 9.52 Å². The zero-order valence-corrected chi connectivity index (χ0v) is 13.9. The molecule has 1 amide bonds. The third-order valence-corrected chi connectivity index (χ3v) is 4.71. The van der Waals surface area contributed by atoms with Gasteiger partial charge in [-0.2, -0.15) is 0 Å². The summed E-state index contributed by atoms with van der Waals surface area (Å²) in [6, 6.07) is 10.6. The molecule has 0 heterocycles. The molecule has 116 valence electrons. The number of hydrogen-bond acceptors (Lipinski definition) is 4. The van der Waals surface area contributed by atoms with Crippen LogP contribution in [0.25, 0.3) is 0 Å². The van der Waals surface area contributed by atoms with E-state index < -0.39 is 15.9 Å². The van der Waals surface area contributed by atoms with Gasteiger partial charge in [0.25, 0.3) is 10.0 Å². The number of nitrogens with one attached hydrogen (secondary N) is 1. The molecule has 0 aromatic heterocycles. The lowest BCUT2D eigenvalue weighted by Crippen LogP contribution is -2.15. The van der Waals surface area contributed by atoms with Crippen LogP contribution in [0.2, 0.25) is 0 Å². The molecular weight excluding hydrogens is 372 g/mol. The summed E-state index contributed by atoms with van der Waals surface area (Å²) in [6.45, 7) is 0. The van der Waals surface area contributed by atoms with E-state index in [9.17, 15) is 13.2 Å². The summed E-state index contributed by atoms with van der Waals surface area (Å²) in [5.41, 5.74) is 5.62. The Bertz CT molecular complexity index is 821. The van der Waals surface area contributed by atoms with E-state index in [1.807, 2.05) is 0 Å². The molecular formula is C14H13BrN2O4S. The summed E-state index contributed by atoms with van der Waals surface area (Å²) in [5, 5.41) is 0. The van der Waals surface area contributed by atoms with Crippen molar-refractivity contribution in [3.8, 4) is 5.75 Å². The Morgan fingerprint density at radius 3 is 2.59 bits per heavy atom. The molecule has 8 heteroatoms. The smallest absolute Gasteiger partial charge is 0.265 e. The Morgan fingerprint density at radius 1 is 1.23 bits per heavy atom. The van der Waals surface area contributed by atoms with E-state index in [0.717, 1.165) is 0 Å². The quantitative estimate of drug-likeness (QED) is 0.826. The fourth-order valence-corrected chi connectivity index (χ4v) is 3.56. The van der Waals surface area contributed by atoms with Crippen LogP contribution in [0.5, 0.6) is 5.75 Å². The maximum absolute atomic E-state index is 12.5. The summed E-state index contributed by atoms with van der Waals surface area (Å²) < 4.78 is 33.0. The molecule has 6 nitrogen and oxygen atoms in total. The minimum atomic E-state index is -3.88. The third-order valence-electron chi connectivity index (χ3n) is 2.81. The van der Waals surface area contributed by atoms with Gasteiger partial charge in [-0.05, 0) is 36.4 Å². The minimum Gasteiger partial charge on any atom is -0.495 e. The molecule has 0 aliphatic carbocycles. The van der Waals surface area contributed by atoms with Gasteiger partial charge in [0, 0.05) is 15.7 Å². The van der Waals surface area contributed by atoms with Gasteiger partial charge in [0.2, 0.25) is 5.91 Å². The van der Waals surface area contributed by atoms with E-state index in [1.54, 1.807) is 12.1 Å².